The number of aryl methyl sites for hydroxylation is 1. The Balaban J connectivity index is 0.00000338. The van der Waals surface area contributed by atoms with Crippen LogP contribution in [0.3, 0.4) is 0 Å². The molecule has 1 amide bonds. The van der Waals surface area contributed by atoms with Gasteiger partial charge < -0.3 is 15.4 Å². The van der Waals surface area contributed by atoms with Crippen LogP contribution >= 0.6 is 12.4 Å². The molecule has 2 aromatic carbocycles. The van der Waals surface area contributed by atoms with Crippen LogP contribution in [0.5, 0.6) is 5.75 Å². The molecule has 0 spiro atoms. The number of rotatable bonds is 10. The van der Waals surface area contributed by atoms with Crippen LogP contribution in [0.2, 0.25) is 0 Å². The maximum atomic E-state index is 12.0. The average molecular weight is 377 g/mol. The summed E-state index contributed by atoms with van der Waals surface area (Å²) in [6, 6.07) is 15.9. The van der Waals surface area contributed by atoms with Gasteiger partial charge in [-0.05, 0) is 48.7 Å². The Kier molecular flexibility index (Phi) is 10.4. The van der Waals surface area contributed by atoms with E-state index in [1.807, 2.05) is 36.4 Å². The number of nitrogens with one attached hydrogen (secondary N) is 2. The lowest BCUT2D eigenvalue weighted by atomic mass is 10.1. The van der Waals surface area contributed by atoms with Gasteiger partial charge in [-0.25, -0.2) is 0 Å². The summed E-state index contributed by atoms with van der Waals surface area (Å²) in [5.74, 6) is 0.826. The Morgan fingerprint density at radius 3 is 2.62 bits per heavy atom. The van der Waals surface area contributed by atoms with Gasteiger partial charge in [0.1, 0.15) is 12.4 Å². The first-order valence-corrected chi connectivity index (χ1v) is 8.92. The van der Waals surface area contributed by atoms with E-state index in [1.165, 1.54) is 11.1 Å². The topological polar surface area (TPSA) is 50.4 Å². The van der Waals surface area contributed by atoms with Gasteiger partial charge in [-0.1, -0.05) is 43.3 Å². The average Bonchev–Trinajstić information content (AvgIpc) is 2.61. The first-order chi connectivity index (χ1) is 12.2. The molecule has 2 N–H and O–H groups in total. The molecule has 0 aliphatic rings. The molecule has 0 fully saturated rings. The van der Waals surface area contributed by atoms with E-state index in [9.17, 15) is 4.79 Å². The van der Waals surface area contributed by atoms with E-state index in [0.29, 0.717) is 19.6 Å². The second-order valence-electron chi connectivity index (χ2n) is 6.14. The van der Waals surface area contributed by atoms with Crippen LogP contribution in [0, 0.1) is 6.92 Å². The van der Waals surface area contributed by atoms with E-state index in [0.717, 1.165) is 30.8 Å². The third kappa shape index (κ3) is 7.89. The van der Waals surface area contributed by atoms with Crippen molar-refractivity contribution in [3.05, 3.63) is 65.2 Å². The van der Waals surface area contributed by atoms with Gasteiger partial charge >= 0.3 is 0 Å². The summed E-state index contributed by atoms with van der Waals surface area (Å²) < 4.78 is 5.88. The number of hydrogen-bond acceptors (Lipinski definition) is 3. The molecular formula is C21H29ClN2O2. The van der Waals surface area contributed by atoms with E-state index in [2.05, 4.69) is 36.6 Å². The maximum Gasteiger partial charge on any atom is 0.224 e. The number of carbonyl (C=O) groups excluding carboxylic acids is 1. The van der Waals surface area contributed by atoms with Crippen molar-refractivity contribution in [2.45, 2.75) is 33.3 Å². The largest absolute Gasteiger partial charge is 0.489 e. The van der Waals surface area contributed by atoms with Crippen LogP contribution in [0.4, 0.5) is 0 Å². The quantitative estimate of drug-likeness (QED) is 0.622. The molecule has 0 aromatic heterocycles. The zero-order valence-corrected chi connectivity index (χ0v) is 16.4. The highest BCUT2D eigenvalue weighted by Gasteiger charge is 2.05. The van der Waals surface area contributed by atoms with Crippen molar-refractivity contribution in [3.8, 4) is 5.75 Å². The molecule has 0 saturated heterocycles. The SMILES string of the molecule is CCCNCCNC(=O)Cc1cccc(OCc2ccccc2C)c1.Cl. The molecule has 0 unspecified atom stereocenters. The molecule has 2 aromatic rings. The van der Waals surface area contributed by atoms with Gasteiger partial charge in [0, 0.05) is 13.1 Å². The Bertz CT molecular complexity index is 677. The second kappa shape index (κ2) is 12.3. The number of carbonyl (C=O) groups is 1. The van der Waals surface area contributed by atoms with Crippen molar-refractivity contribution < 1.29 is 9.53 Å². The van der Waals surface area contributed by atoms with Gasteiger partial charge in [-0.2, -0.15) is 0 Å². The van der Waals surface area contributed by atoms with Crippen LogP contribution in [0.15, 0.2) is 48.5 Å². The van der Waals surface area contributed by atoms with Crippen LogP contribution in [-0.2, 0) is 17.8 Å². The van der Waals surface area contributed by atoms with Crippen LogP contribution < -0.4 is 15.4 Å². The summed E-state index contributed by atoms with van der Waals surface area (Å²) in [6.45, 7) is 7.18. The summed E-state index contributed by atoms with van der Waals surface area (Å²) in [5, 5.41) is 6.20. The summed E-state index contributed by atoms with van der Waals surface area (Å²) in [6.07, 6.45) is 1.47. The van der Waals surface area contributed by atoms with Gasteiger partial charge in [-0.3, -0.25) is 4.79 Å². The standard InChI is InChI=1S/C21H28N2O2.ClH/c1-3-11-22-12-13-23-21(24)15-18-8-6-10-20(14-18)25-16-19-9-5-4-7-17(19)2;/h4-10,14,22H,3,11-13,15-16H2,1-2H3,(H,23,24);1H. The molecule has 26 heavy (non-hydrogen) atoms. The molecule has 142 valence electrons. The normalized spacial score (nSPS) is 10.1. The third-order valence-electron chi connectivity index (χ3n) is 3.97. The lowest BCUT2D eigenvalue weighted by Crippen LogP contribution is -2.32. The number of hydrogen-bond donors (Lipinski definition) is 2. The summed E-state index contributed by atoms with van der Waals surface area (Å²) in [4.78, 5) is 12.0. The van der Waals surface area contributed by atoms with Gasteiger partial charge in [0.2, 0.25) is 5.91 Å². The minimum atomic E-state index is 0. The smallest absolute Gasteiger partial charge is 0.224 e. The lowest BCUT2D eigenvalue weighted by Gasteiger charge is -2.10. The molecule has 0 radical (unpaired) electrons. The Morgan fingerprint density at radius 2 is 1.85 bits per heavy atom. The van der Waals surface area contributed by atoms with E-state index in [4.69, 9.17) is 4.74 Å². The molecule has 5 heteroatoms. The Labute approximate surface area is 162 Å². The van der Waals surface area contributed by atoms with Gasteiger partial charge in [0.15, 0.2) is 0 Å². The van der Waals surface area contributed by atoms with E-state index < -0.39 is 0 Å². The van der Waals surface area contributed by atoms with E-state index >= 15 is 0 Å². The summed E-state index contributed by atoms with van der Waals surface area (Å²) >= 11 is 0. The van der Waals surface area contributed by atoms with Crippen molar-refractivity contribution in [2.24, 2.45) is 0 Å². The predicted octanol–water partition coefficient (Wildman–Crippen LogP) is 3.65. The lowest BCUT2D eigenvalue weighted by molar-refractivity contribution is -0.120. The van der Waals surface area contributed by atoms with Crippen molar-refractivity contribution >= 4 is 18.3 Å². The summed E-state index contributed by atoms with van der Waals surface area (Å²) in [5.41, 5.74) is 3.35. The van der Waals surface area contributed by atoms with E-state index in [1.54, 1.807) is 0 Å². The van der Waals surface area contributed by atoms with Crippen LogP contribution in [-0.4, -0.2) is 25.5 Å². The zero-order valence-electron chi connectivity index (χ0n) is 15.6. The van der Waals surface area contributed by atoms with Crippen LogP contribution in [0.1, 0.15) is 30.0 Å². The van der Waals surface area contributed by atoms with Crippen molar-refractivity contribution in [3.63, 3.8) is 0 Å². The Hall–Kier alpha value is -2.04. The maximum absolute atomic E-state index is 12.0. The molecule has 0 saturated carbocycles. The zero-order chi connectivity index (χ0) is 17.9. The fourth-order valence-electron chi connectivity index (χ4n) is 2.52. The van der Waals surface area contributed by atoms with Gasteiger partial charge in [-0.15, -0.1) is 12.4 Å². The molecule has 0 atom stereocenters. The number of amides is 1. The van der Waals surface area contributed by atoms with Crippen molar-refractivity contribution in [1.82, 2.24) is 10.6 Å². The minimum Gasteiger partial charge on any atom is -0.489 e. The molecule has 2 rings (SSSR count). The fourth-order valence-corrected chi connectivity index (χ4v) is 2.52. The molecular weight excluding hydrogens is 348 g/mol. The van der Waals surface area contributed by atoms with Crippen LogP contribution in [0.25, 0.3) is 0 Å². The minimum absolute atomic E-state index is 0. The third-order valence-corrected chi connectivity index (χ3v) is 3.97. The fraction of sp³-hybridized carbons (Fsp3) is 0.381. The van der Waals surface area contributed by atoms with Gasteiger partial charge in [0.25, 0.3) is 0 Å². The van der Waals surface area contributed by atoms with Gasteiger partial charge in [0.05, 0.1) is 6.42 Å². The molecule has 0 heterocycles. The van der Waals surface area contributed by atoms with Crippen molar-refractivity contribution in [2.75, 3.05) is 19.6 Å². The van der Waals surface area contributed by atoms with E-state index in [-0.39, 0.29) is 18.3 Å². The highest BCUT2D eigenvalue weighted by molar-refractivity contribution is 5.85. The first-order valence-electron chi connectivity index (χ1n) is 8.92. The highest BCUT2D eigenvalue weighted by atomic mass is 35.5. The highest BCUT2D eigenvalue weighted by Crippen LogP contribution is 2.17. The summed E-state index contributed by atoms with van der Waals surface area (Å²) in [7, 11) is 0. The molecule has 0 aliphatic carbocycles. The second-order valence-corrected chi connectivity index (χ2v) is 6.14. The predicted molar refractivity (Wildman–Crippen MR) is 109 cm³/mol. The monoisotopic (exact) mass is 376 g/mol. The Morgan fingerprint density at radius 1 is 1.04 bits per heavy atom. The van der Waals surface area contributed by atoms with Crippen molar-refractivity contribution in [1.29, 1.82) is 0 Å². The number of halogens is 1. The number of ether oxygens (including phenoxy) is 1. The first kappa shape index (κ1) is 22.0. The molecule has 4 nitrogen and oxygen atoms in total. The number of benzene rings is 2. The molecule has 0 aliphatic heterocycles. The molecule has 0 bridgehead atoms.